The van der Waals surface area contributed by atoms with Crippen molar-refractivity contribution in [3.8, 4) is 11.3 Å². The Hall–Kier alpha value is -1.48. The van der Waals surface area contributed by atoms with Crippen LogP contribution < -0.4 is 5.73 Å². The third kappa shape index (κ3) is 1.91. The van der Waals surface area contributed by atoms with E-state index in [4.69, 9.17) is 21.9 Å². The van der Waals surface area contributed by atoms with Crippen molar-refractivity contribution in [2.75, 3.05) is 5.73 Å². The molecule has 2 aromatic rings. The third-order valence-corrected chi connectivity index (χ3v) is 2.70. The molecule has 0 aliphatic rings. The van der Waals surface area contributed by atoms with Gasteiger partial charge in [-0.25, -0.2) is 0 Å². The van der Waals surface area contributed by atoms with Crippen LogP contribution >= 0.6 is 11.6 Å². The number of halogens is 1. The number of nitrogen functional groups attached to an aromatic ring is 1. The Labute approximate surface area is 99.2 Å². The molecule has 2 N–H and O–H groups in total. The Bertz CT molecular complexity index is 488. The van der Waals surface area contributed by atoms with E-state index < -0.39 is 0 Å². The number of hydrogen-bond donors (Lipinski definition) is 1. The quantitative estimate of drug-likeness (QED) is 0.865. The molecular formula is C12H13ClN2O. The molecule has 1 heterocycles. The van der Waals surface area contributed by atoms with Crippen LogP contribution in [0.25, 0.3) is 11.3 Å². The SMILES string of the molecule is CC(C)c1c(-c2ccc(Cl)cc2)noc1N. The maximum absolute atomic E-state index is 5.84. The van der Waals surface area contributed by atoms with Gasteiger partial charge in [0.2, 0.25) is 5.88 Å². The Morgan fingerprint density at radius 2 is 1.88 bits per heavy atom. The lowest BCUT2D eigenvalue weighted by molar-refractivity contribution is 0.438. The van der Waals surface area contributed by atoms with Crippen LogP contribution in [-0.4, -0.2) is 5.16 Å². The lowest BCUT2D eigenvalue weighted by Crippen LogP contribution is -1.94. The summed E-state index contributed by atoms with van der Waals surface area (Å²) in [7, 11) is 0. The fourth-order valence-electron chi connectivity index (χ4n) is 1.68. The minimum absolute atomic E-state index is 0.275. The van der Waals surface area contributed by atoms with Crippen molar-refractivity contribution >= 4 is 17.5 Å². The molecule has 4 heteroatoms. The fraction of sp³-hybridized carbons (Fsp3) is 0.250. The summed E-state index contributed by atoms with van der Waals surface area (Å²) < 4.78 is 5.04. The van der Waals surface area contributed by atoms with Crippen molar-refractivity contribution in [1.82, 2.24) is 5.16 Å². The van der Waals surface area contributed by atoms with Gasteiger partial charge in [0.1, 0.15) is 5.69 Å². The monoisotopic (exact) mass is 236 g/mol. The number of aromatic nitrogens is 1. The van der Waals surface area contributed by atoms with Gasteiger partial charge in [-0.05, 0) is 18.1 Å². The van der Waals surface area contributed by atoms with Crippen LogP contribution in [0, 0.1) is 0 Å². The van der Waals surface area contributed by atoms with Crippen molar-refractivity contribution in [3.05, 3.63) is 34.9 Å². The summed E-state index contributed by atoms with van der Waals surface area (Å²) in [6, 6.07) is 7.47. The molecule has 0 saturated carbocycles. The number of rotatable bonds is 2. The molecule has 0 bridgehead atoms. The molecule has 1 aromatic carbocycles. The van der Waals surface area contributed by atoms with E-state index in [0.29, 0.717) is 10.9 Å². The van der Waals surface area contributed by atoms with Crippen LogP contribution in [-0.2, 0) is 0 Å². The van der Waals surface area contributed by atoms with Crippen molar-refractivity contribution in [3.63, 3.8) is 0 Å². The molecule has 2 rings (SSSR count). The van der Waals surface area contributed by atoms with Gasteiger partial charge in [0.15, 0.2) is 0 Å². The van der Waals surface area contributed by atoms with Gasteiger partial charge in [-0.2, -0.15) is 0 Å². The van der Waals surface area contributed by atoms with Crippen molar-refractivity contribution in [1.29, 1.82) is 0 Å². The van der Waals surface area contributed by atoms with E-state index in [1.54, 1.807) is 0 Å². The zero-order valence-electron chi connectivity index (χ0n) is 9.20. The zero-order valence-corrected chi connectivity index (χ0v) is 9.95. The molecule has 0 radical (unpaired) electrons. The number of nitrogens with zero attached hydrogens (tertiary/aromatic N) is 1. The average molecular weight is 237 g/mol. The molecule has 0 spiro atoms. The molecule has 0 aliphatic carbocycles. The first-order valence-corrected chi connectivity index (χ1v) is 5.48. The van der Waals surface area contributed by atoms with Gasteiger partial charge in [-0.15, -0.1) is 0 Å². The first kappa shape index (κ1) is 11.0. The molecule has 84 valence electrons. The summed E-state index contributed by atoms with van der Waals surface area (Å²) in [6.07, 6.45) is 0. The maximum atomic E-state index is 5.84. The Morgan fingerprint density at radius 1 is 1.25 bits per heavy atom. The van der Waals surface area contributed by atoms with E-state index >= 15 is 0 Å². The van der Waals surface area contributed by atoms with Gasteiger partial charge >= 0.3 is 0 Å². The Balaban J connectivity index is 2.52. The minimum Gasteiger partial charge on any atom is -0.367 e. The predicted molar refractivity (Wildman–Crippen MR) is 65.5 cm³/mol. The first-order chi connectivity index (χ1) is 7.59. The van der Waals surface area contributed by atoms with Gasteiger partial charge in [0.25, 0.3) is 0 Å². The van der Waals surface area contributed by atoms with E-state index in [1.165, 1.54) is 0 Å². The second-order valence-corrected chi connectivity index (χ2v) is 4.41. The smallest absolute Gasteiger partial charge is 0.226 e. The highest BCUT2D eigenvalue weighted by Crippen LogP contribution is 2.33. The van der Waals surface area contributed by atoms with Crippen LogP contribution in [0.1, 0.15) is 25.3 Å². The van der Waals surface area contributed by atoms with E-state index in [1.807, 2.05) is 24.3 Å². The molecular weight excluding hydrogens is 224 g/mol. The summed E-state index contributed by atoms with van der Waals surface area (Å²) in [4.78, 5) is 0. The highest BCUT2D eigenvalue weighted by atomic mass is 35.5. The normalized spacial score (nSPS) is 11.0. The fourth-order valence-corrected chi connectivity index (χ4v) is 1.81. The zero-order chi connectivity index (χ0) is 11.7. The minimum atomic E-state index is 0.275. The molecule has 16 heavy (non-hydrogen) atoms. The summed E-state index contributed by atoms with van der Waals surface area (Å²) in [6.45, 7) is 4.12. The second-order valence-electron chi connectivity index (χ2n) is 3.97. The second kappa shape index (κ2) is 4.18. The van der Waals surface area contributed by atoms with Gasteiger partial charge < -0.3 is 10.3 Å². The molecule has 0 amide bonds. The predicted octanol–water partition coefficient (Wildman–Crippen LogP) is 3.70. The van der Waals surface area contributed by atoms with E-state index in [0.717, 1.165) is 16.8 Å². The summed E-state index contributed by atoms with van der Waals surface area (Å²) in [5.74, 6) is 0.664. The summed E-state index contributed by atoms with van der Waals surface area (Å²) in [5.41, 5.74) is 8.46. The molecule has 3 nitrogen and oxygen atoms in total. The average Bonchev–Trinajstić information content (AvgIpc) is 2.61. The molecule has 0 aliphatic heterocycles. The standard InChI is InChI=1S/C12H13ClN2O/c1-7(2)10-11(15-16-12(10)14)8-3-5-9(13)6-4-8/h3-7H,14H2,1-2H3. The van der Waals surface area contributed by atoms with Crippen LogP contribution in [0.3, 0.4) is 0 Å². The highest BCUT2D eigenvalue weighted by Gasteiger charge is 2.17. The number of anilines is 1. The van der Waals surface area contributed by atoms with E-state index in [2.05, 4.69) is 19.0 Å². The van der Waals surface area contributed by atoms with Crippen molar-refractivity contribution < 1.29 is 4.52 Å². The largest absolute Gasteiger partial charge is 0.367 e. The first-order valence-electron chi connectivity index (χ1n) is 5.10. The molecule has 1 aromatic heterocycles. The van der Waals surface area contributed by atoms with Gasteiger partial charge in [-0.3, -0.25) is 0 Å². The summed E-state index contributed by atoms with van der Waals surface area (Å²) >= 11 is 5.84. The Kier molecular flexibility index (Phi) is 2.88. The van der Waals surface area contributed by atoms with Crippen molar-refractivity contribution in [2.45, 2.75) is 19.8 Å². The van der Waals surface area contributed by atoms with E-state index in [-0.39, 0.29) is 5.92 Å². The highest BCUT2D eigenvalue weighted by molar-refractivity contribution is 6.30. The van der Waals surface area contributed by atoms with E-state index in [9.17, 15) is 0 Å². The topological polar surface area (TPSA) is 52.0 Å². The molecule has 0 fully saturated rings. The summed E-state index contributed by atoms with van der Waals surface area (Å²) in [5, 5.41) is 4.69. The third-order valence-electron chi connectivity index (χ3n) is 2.45. The van der Waals surface area contributed by atoms with Gasteiger partial charge in [-0.1, -0.05) is 42.7 Å². The Morgan fingerprint density at radius 3 is 2.44 bits per heavy atom. The maximum Gasteiger partial charge on any atom is 0.226 e. The van der Waals surface area contributed by atoms with Crippen LogP contribution in [0.4, 0.5) is 5.88 Å². The number of hydrogen-bond acceptors (Lipinski definition) is 3. The lowest BCUT2D eigenvalue weighted by Gasteiger charge is -2.05. The van der Waals surface area contributed by atoms with Crippen LogP contribution in [0.15, 0.2) is 28.8 Å². The van der Waals surface area contributed by atoms with Crippen LogP contribution in [0.2, 0.25) is 5.02 Å². The van der Waals surface area contributed by atoms with Crippen molar-refractivity contribution in [2.24, 2.45) is 0 Å². The molecule has 0 unspecified atom stereocenters. The van der Waals surface area contributed by atoms with Gasteiger partial charge in [0.05, 0.1) is 0 Å². The van der Waals surface area contributed by atoms with Crippen LogP contribution in [0.5, 0.6) is 0 Å². The van der Waals surface area contributed by atoms with Gasteiger partial charge in [0, 0.05) is 16.1 Å². The molecule has 0 saturated heterocycles. The molecule has 0 atom stereocenters. The number of benzene rings is 1. The number of nitrogens with two attached hydrogens (primary N) is 1. The lowest BCUT2D eigenvalue weighted by atomic mass is 9.99.